The van der Waals surface area contributed by atoms with E-state index in [4.69, 9.17) is 14.7 Å². The molecule has 41 heavy (non-hydrogen) atoms. The molecule has 9 heteroatoms. The van der Waals surface area contributed by atoms with Gasteiger partial charge >= 0.3 is 6.09 Å². The summed E-state index contributed by atoms with van der Waals surface area (Å²) < 4.78 is 5.66. The van der Waals surface area contributed by atoms with Crippen LogP contribution < -0.4 is 10.2 Å². The van der Waals surface area contributed by atoms with E-state index in [1.54, 1.807) is 0 Å². The number of aryl methyl sites for hydroxylation is 1. The summed E-state index contributed by atoms with van der Waals surface area (Å²) in [6.07, 6.45) is 10.4. The van der Waals surface area contributed by atoms with Gasteiger partial charge in [-0.3, -0.25) is 10.1 Å². The molecule has 0 bridgehead atoms. The average Bonchev–Trinajstić information content (AvgIpc) is 3.51. The van der Waals surface area contributed by atoms with E-state index in [0.29, 0.717) is 5.92 Å². The number of alkyl carbamates (subject to hydrolysis) is 1. The van der Waals surface area contributed by atoms with Crippen LogP contribution in [0.5, 0.6) is 0 Å². The summed E-state index contributed by atoms with van der Waals surface area (Å²) in [5.74, 6) is 1.13. The first-order chi connectivity index (χ1) is 19.8. The molecule has 0 saturated heterocycles. The van der Waals surface area contributed by atoms with E-state index in [1.807, 2.05) is 39.2 Å². The lowest BCUT2D eigenvalue weighted by atomic mass is 9.66. The number of ether oxygens (including phenoxy) is 1. The summed E-state index contributed by atoms with van der Waals surface area (Å²) >= 11 is 0. The molecule has 1 aliphatic heterocycles. The van der Waals surface area contributed by atoms with E-state index in [2.05, 4.69) is 55.7 Å². The fraction of sp³-hybridized carbons (Fsp3) is 0.469. The second-order valence-corrected chi connectivity index (χ2v) is 12.9. The molecule has 1 amide bonds. The molecule has 1 spiro atoms. The second-order valence-electron chi connectivity index (χ2n) is 12.9. The lowest BCUT2D eigenvalue weighted by molar-refractivity contribution is 0.0406. The van der Waals surface area contributed by atoms with Crippen molar-refractivity contribution in [2.45, 2.75) is 83.3 Å². The van der Waals surface area contributed by atoms with Gasteiger partial charge < -0.3 is 15.0 Å². The Bertz CT molecular complexity index is 1600. The van der Waals surface area contributed by atoms with Crippen LogP contribution in [0, 0.1) is 5.41 Å². The maximum absolute atomic E-state index is 12.9. The number of hydrogen-bond donors (Lipinski definition) is 2. The molecular formula is C32H37N7O2. The smallest absolute Gasteiger partial charge is 0.408 e. The molecule has 1 atom stereocenters. The lowest BCUT2D eigenvalue weighted by Crippen LogP contribution is -2.43. The Hall–Kier alpha value is -4.01. The quantitative estimate of drug-likeness (QED) is 0.308. The highest BCUT2D eigenvalue weighted by Gasteiger charge is 2.49. The normalized spacial score (nSPS) is 23.8. The van der Waals surface area contributed by atoms with Gasteiger partial charge in [-0.1, -0.05) is 24.3 Å². The molecule has 1 aromatic carbocycles. The summed E-state index contributed by atoms with van der Waals surface area (Å²) in [6, 6.07) is 12.5. The van der Waals surface area contributed by atoms with E-state index in [9.17, 15) is 4.79 Å². The number of benzene rings is 1. The molecule has 0 radical (unpaired) electrons. The van der Waals surface area contributed by atoms with Crippen molar-refractivity contribution in [2.75, 3.05) is 11.4 Å². The summed E-state index contributed by atoms with van der Waals surface area (Å²) in [4.78, 5) is 29.6. The molecule has 212 valence electrons. The van der Waals surface area contributed by atoms with Crippen molar-refractivity contribution in [3.05, 3.63) is 71.3 Å². The van der Waals surface area contributed by atoms with Crippen molar-refractivity contribution in [1.82, 2.24) is 30.5 Å². The topological polar surface area (TPSA) is 109 Å². The molecule has 9 nitrogen and oxygen atoms in total. The number of amides is 1. The summed E-state index contributed by atoms with van der Waals surface area (Å²) in [6.45, 7) is 6.59. The fourth-order valence-electron chi connectivity index (χ4n) is 7.20. The van der Waals surface area contributed by atoms with Gasteiger partial charge in [0.05, 0.1) is 23.1 Å². The zero-order valence-corrected chi connectivity index (χ0v) is 24.0. The van der Waals surface area contributed by atoms with Crippen LogP contribution in [0.25, 0.3) is 11.2 Å². The van der Waals surface area contributed by atoms with E-state index >= 15 is 0 Å². The lowest BCUT2D eigenvalue weighted by Gasteiger charge is -2.42. The van der Waals surface area contributed by atoms with Crippen LogP contribution in [0.15, 0.2) is 48.8 Å². The highest BCUT2D eigenvalue weighted by atomic mass is 16.6. The van der Waals surface area contributed by atoms with Crippen LogP contribution in [0.4, 0.5) is 16.3 Å². The SMILES string of the molecule is CC(C)(C)OC(=O)N[C@H]1c2ccccc2CC12CCC(c1cnc3c(N4CCCc5ncccc54)n[nH]c3n1)CC2. The minimum Gasteiger partial charge on any atom is -0.444 e. The molecule has 0 unspecified atom stereocenters. The van der Waals surface area contributed by atoms with Gasteiger partial charge in [0.15, 0.2) is 17.0 Å². The van der Waals surface area contributed by atoms with E-state index in [0.717, 1.165) is 85.5 Å². The molecule has 2 N–H and O–H groups in total. The number of H-pyrrole nitrogens is 1. The first kappa shape index (κ1) is 25.9. The number of aromatic amines is 1. The Labute approximate surface area is 240 Å². The van der Waals surface area contributed by atoms with Gasteiger partial charge in [-0.2, -0.15) is 5.10 Å². The number of hydrogen-bond acceptors (Lipinski definition) is 7. The van der Waals surface area contributed by atoms with Crippen LogP contribution in [0.2, 0.25) is 0 Å². The minimum absolute atomic E-state index is 0.0224. The van der Waals surface area contributed by atoms with Crippen LogP contribution in [0.3, 0.4) is 0 Å². The number of anilines is 2. The first-order valence-corrected chi connectivity index (χ1v) is 14.8. The molecular weight excluding hydrogens is 514 g/mol. The largest absolute Gasteiger partial charge is 0.444 e. The number of fused-ring (bicyclic) bond motifs is 3. The van der Waals surface area contributed by atoms with Crippen molar-refractivity contribution in [2.24, 2.45) is 5.41 Å². The minimum atomic E-state index is -0.537. The number of pyridine rings is 1. The van der Waals surface area contributed by atoms with Crippen molar-refractivity contribution < 1.29 is 9.53 Å². The number of carbonyl (C=O) groups is 1. The molecule has 4 heterocycles. The average molecular weight is 552 g/mol. The zero-order valence-electron chi connectivity index (χ0n) is 24.0. The van der Waals surface area contributed by atoms with Gasteiger partial charge in [0, 0.05) is 24.9 Å². The third kappa shape index (κ3) is 4.71. The second kappa shape index (κ2) is 9.82. The monoisotopic (exact) mass is 551 g/mol. The highest BCUT2D eigenvalue weighted by molar-refractivity contribution is 5.86. The number of rotatable bonds is 3. The number of aromatic nitrogens is 5. The van der Waals surface area contributed by atoms with Gasteiger partial charge in [-0.15, -0.1) is 0 Å². The van der Waals surface area contributed by atoms with Crippen molar-refractivity contribution >= 4 is 28.8 Å². The maximum atomic E-state index is 12.9. The van der Waals surface area contributed by atoms with Crippen LogP contribution in [-0.2, 0) is 17.6 Å². The zero-order chi connectivity index (χ0) is 28.2. The highest BCUT2D eigenvalue weighted by Crippen LogP contribution is 2.56. The van der Waals surface area contributed by atoms with E-state index in [1.165, 1.54) is 11.1 Å². The standard InChI is InChI=1S/C32H37N7O2/c1-31(2,3)41-30(40)36-27-22-9-5-4-8-21(22)18-32(27)14-12-20(13-15-32)24-19-34-26-28(35-24)37-38-29(26)39-17-7-10-23-25(39)11-6-16-33-23/h4-6,8-9,11,16,19-20,27H,7,10,12-15,17-18H2,1-3H3,(H,36,40)(H,35,37,38)/t20?,27-,32?/m0/s1. The van der Waals surface area contributed by atoms with E-state index < -0.39 is 5.60 Å². The molecule has 3 aromatic heterocycles. The van der Waals surface area contributed by atoms with Gasteiger partial charge in [0.25, 0.3) is 0 Å². The van der Waals surface area contributed by atoms with Gasteiger partial charge in [0.1, 0.15) is 5.60 Å². The van der Waals surface area contributed by atoms with Gasteiger partial charge in [0.2, 0.25) is 0 Å². The Kier molecular flexibility index (Phi) is 6.21. The first-order valence-electron chi connectivity index (χ1n) is 14.8. The number of nitrogens with one attached hydrogen (secondary N) is 2. The summed E-state index contributed by atoms with van der Waals surface area (Å²) in [5.41, 5.74) is 6.72. The van der Waals surface area contributed by atoms with Gasteiger partial charge in [-0.25, -0.2) is 14.8 Å². The summed E-state index contributed by atoms with van der Waals surface area (Å²) in [5, 5.41) is 11.1. The maximum Gasteiger partial charge on any atom is 0.408 e. The third-order valence-corrected chi connectivity index (χ3v) is 9.06. The van der Waals surface area contributed by atoms with Crippen molar-refractivity contribution in [1.29, 1.82) is 0 Å². The molecule has 3 aliphatic rings. The Morgan fingerprint density at radius 3 is 2.78 bits per heavy atom. The number of carbonyl (C=O) groups excluding carboxylic acids is 1. The summed E-state index contributed by atoms with van der Waals surface area (Å²) in [7, 11) is 0. The van der Waals surface area contributed by atoms with E-state index in [-0.39, 0.29) is 17.6 Å². The van der Waals surface area contributed by atoms with Crippen LogP contribution >= 0.6 is 0 Å². The Balaban J connectivity index is 1.10. The molecule has 4 aromatic rings. The third-order valence-electron chi connectivity index (χ3n) is 9.06. The molecule has 1 saturated carbocycles. The van der Waals surface area contributed by atoms with Crippen molar-refractivity contribution in [3.8, 4) is 0 Å². The molecule has 1 fully saturated rings. The van der Waals surface area contributed by atoms with Crippen molar-refractivity contribution in [3.63, 3.8) is 0 Å². The molecule has 2 aliphatic carbocycles. The predicted octanol–water partition coefficient (Wildman–Crippen LogP) is 6.30. The van der Waals surface area contributed by atoms with Gasteiger partial charge in [-0.05, 0) is 94.4 Å². The predicted molar refractivity (Wildman–Crippen MR) is 157 cm³/mol. The Morgan fingerprint density at radius 2 is 1.95 bits per heavy atom. The molecule has 7 rings (SSSR count). The Morgan fingerprint density at radius 1 is 1.12 bits per heavy atom. The number of nitrogens with zero attached hydrogens (tertiary/aromatic N) is 5. The van der Waals surface area contributed by atoms with Crippen LogP contribution in [0.1, 0.15) is 87.3 Å². The fourth-order valence-corrected chi connectivity index (χ4v) is 7.20. The van der Waals surface area contributed by atoms with Crippen LogP contribution in [-0.4, -0.2) is 43.4 Å².